The number of halogens is 1. The quantitative estimate of drug-likeness (QED) is 0.385. The van der Waals surface area contributed by atoms with Crippen LogP contribution in [0.15, 0.2) is 0 Å². The molecule has 8 heteroatoms. The standard InChI is InChI=1S/ClH.Ir.6H3N/h1H;;6*1H3. The fourth-order valence-corrected chi connectivity index (χ4v) is 0. The first-order chi connectivity index (χ1) is 0. The molecule has 0 aromatic rings. The largest absolute Gasteiger partial charge is 0.344 e. The molecule has 0 saturated carbocycles. The van der Waals surface area contributed by atoms with Gasteiger partial charge in [0.15, 0.2) is 0 Å². The first-order valence-electron chi connectivity index (χ1n) is 0. The zero-order valence-electron chi connectivity index (χ0n) is 4.98. The maximum atomic E-state index is 0. The van der Waals surface area contributed by atoms with Crippen LogP contribution in [0.3, 0.4) is 0 Å². The summed E-state index contributed by atoms with van der Waals surface area (Å²) in [5.74, 6) is 0. The second kappa shape index (κ2) is 707. The van der Waals surface area contributed by atoms with Gasteiger partial charge in [0.25, 0.3) is 0 Å². The molecule has 0 rings (SSSR count). The van der Waals surface area contributed by atoms with Crippen LogP contribution in [0.2, 0.25) is 0 Å². The Hall–Kier alpha value is 0.699. The Labute approximate surface area is 69.8 Å². The molecule has 0 amide bonds. The Kier molecular flexibility index (Phi) is 93100. The molecule has 0 saturated heterocycles. The van der Waals surface area contributed by atoms with Gasteiger partial charge in [0.2, 0.25) is 0 Å². The van der Waals surface area contributed by atoms with Gasteiger partial charge in [0.05, 0.1) is 0 Å². The van der Waals surface area contributed by atoms with E-state index in [1.807, 2.05) is 0 Å². The summed E-state index contributed by atoms with van der Waals surface area (Å²) in [5, 5.41) is 0. The van der Waals surface area contributed by atoms with Crippen LogP contribution >= 0.6 is 12.4 Å². The van der Waals surface area contributed by atoms with Crippen LogP contribution in [-0.2, 0) is 20.1 Å². The average Bonchev–Trinajstić information content (AvgIpc) is 0. The van der Waals surface area contributed by atoms with E-state index in [1.54, 1.807) is 0 Å². The molecule has 0 unspecified atom stereocenters. The Morgan fingerprint density at radius 2 is 0.375 bits per heavy atom. The van der Waals surface area contributed by atoms with Crippen LogP contribution in [0.4, 0.5) is 0 Å². The summed E-state index contributed by atoms with van der Waals surface area (Å²) in [6.07, 6.45) is 0. The van der Waals surface area contributed by atoms with Crippen LogP contribution < -0.4 is 36.9 Å². The van der Waals surface area contributed by atoms with E-state index >= 15 is 0 Å². The maximum absolute atomic E-state index is 0. The van der Waals surface area contributed by atoms with E-state index in [0.29, 0.717) is 0 Å². The minimum Gasteiger partial charge on any atom is -0.344 e. The van der Waals surface area contributed by atoms with Gasteiger partial charge in [0.1, 0.15) is 0 Å². The van der Waals surface area contributed by atoms with Crippen molar-refractivity contribution in [3.8, 4) is 0 Å². The second-order valence-electron chi connectivity index (χ2n) is 0. The third-order valence-electron chi connectivity index (χ3n) is 0. The predicted molar refractivity (Wildman–Crippen MR) is 37.4 cm³/mol. The van der Waals surface area contributed by atoms with Crippen LogP contribution in [0.5, 0.6) is 0 Å². The van der Waals surface area contributed by atoms with Crippen molar-refractivity contribution in [3.05, 3.63) is 0 Å². The molecule has 6 nitrogen and oxygen atoms in total. The summed E-state index contributed by atoms with van der Waals surface area (Å²) >= 11 is 0. The van der Waals surface area contributed by atoms with Crippen molar-refractivity contribution >= 4 is 12.4 Å². The smallest absolute Gasteiger partial charge is 0 e. The third-order valence-corrected chi connectivity index (χ3v) is 0. The van der Waals surface area contributed by atoms with E-state index in [-0.39, 0.29) is 69.4 Å². The molecule has 65 valence electrons. The molecule has 18 N–H and O–H groups in total. The van der Waals surface area contributed by atoms with Crippen molar-refractivity contribution in [1.82, 2.24) is 36.9 Å². The van der Waals surface area contributed by atoms with Gasteiger partial charge in [0, 0.05) is 20.1 Å². The monoisotopic (exact) mass is 331 g/mol. The van der Waals surface area contributed by atoms with Crippen LogP contribution in [0.25, 0.3) is 0 Å². The van der Waals surface area contributed by atoms with Gasteiger partial charge in [-0.15, -0.1) is 12.4 Å². The van der Waals surface area contributed by atoms with Crippen molar-refractivity contribution in [2.24, 2.45) is 0 Å². The summed E-state index contributed by atoms with van der Waals surface area (Å²) < 4.78 is 0. The van der Waals surface area contributed by atoms with Gasteiger partial charge in [-0.25, -0.2) is 0 Å². The summed E-state index contributed by atoms with van der Waals surface area (Å²) in [7, 11) is 0. The minimum absolute atomic E-state index is 0. The van der Waals surface area contributed by atoms with E-state index in [2.05, 4.69) is 0 Å². The molecule has 0 heterocycles. The molecule has 8 heavy (non-hydrogen) atoms. The fraction of sp³-hybridized carbons (Fsp3) is 0. The van der Waals surface area contributed by atoms with Crippen molar-refractivity contribution in [2.75, 3.05) is 0 Å². The normalized spacial score (nSPS) is 0. The van der Waals surface area contributed by atoms with Crippen molar-refractivity contribution in [2.45, 2.75) is 0 Å². The minimum atomic E-state index is 0. The van der Waals surface area contributed by atoms with Gasteiger partial charge in [-0.3, -0.25) is 0 Å². The topological polar surface area (TPSA) is 210 Å². The second-order valence-corrected chi connectivity index (χ2v) is 0. The average molecular weight is 331 g/mol. The molecule has 0 spiro atoms. The SMILES string of the molecule is Cl.N.N.N.N.N.N.[Ir]. The zero-order chi connectivity index (χ0) is 0. The third kappa shape index (κ3) is 445. The van der Waals surface area contributed by atoms with Crippen LogP contribution in [0.1, 0.15) is 0 Å². The Morgan fingerprint density at radius 3 is 0.375 bits per heavy atom. The summed E-state index contributed by atoms with van der Waals surface area (Å²) in [5.41, 5.74) is 0. The molecule has 1 radical (unpaired) electrons. The molecular weight excluding hydrogens is 312 g/mol. The summed E-state index contributed by atoms with van der Waals surface area (Å²) in [6.45, 7) is 0. The summed E-state index contributed by atoms with van der Waals surface area (Å²) in [4.78, 5) is 0. The molecule has 0 aliphatic heterocycles. The summed E-state index contributed by atoms with van der Waals surface area (Å²) in [6, 6.07) is 0. The van der Waals surface area contributed by atoms with Crippen molar-refractivity contribution in [3.63, 3.8) is 0 Å². The van der Waals surface area contributed by atoms with Crippen LogP contribution in [-0.4, -0.2) is 0 Å². The van der Waals surface area contributed by atoms with E-state index in [0.717, 1.165) is 0 Å². The maximum Gasteiger partial charge on any atom is 0 e. The Bertz CT molecular complexity index is 8.49. The van der Waals surface area contributed by atoms with Crippen molar-refractivity contribution in [1.29, 1.82) is 0 Å². The first-order valence-corrected chi connectivity index (χ1v) is 0. The van der Waals surface area contributed by atoms with Gasteiger partial charge < -0.3 is 36.9 Å². The van der Waals surface area contributed by atoms with Crippen LogP contribution in [0, 0.1) is 0 Å². The molecule has 0 aliphatic carbocycles. The molecule has 0 atom stereocenters. The Balaban J connectivity index is 0. The van der Waals surface area contributed by atoms with Gasteiger partial charge in [-0.1, -0.05) is 0 Å². The number of hydrogen-bond donors (Lipinski definition) is 6. The number of rotatable bonds is 0. The van der Waals surface area contributed by atoms with Gasteiger partial charge in [-0.2, -0.15) is 0 Å². The molecule has 0 bridgehead atoms. The van der Waals surface area contributed by atoms with E-state index < -0.39 is 0 Å². The molecule has 0 fully saturated rings. The van der Waals surface area contributed by atoms with Gasteiger partial charge in [-0.05, 0) is 0 Å². The predicted octanol–water partition coefficient (Wildman–Crippen LogP) is 1.39. The molecule has 0 aromatic carbocycles. The Morgan fingerprint density at radius 1 is 0.375 bits per heavy atom. The zero-order valence-corrected chi connectivity index (χ0v) is 8.20. The van der Waals surface area contributed by atoms with E-state index in [1.165, 1.54) is 0 Å². The fourth-order valence-electron chi connectivity index (χ4n) is 0. The number of hydrogen-bond acceptors (Lipinski definition) is 6. The molecule has 0 aliphatic rings. The molecule has 0 aromatic heterocycles. The first kappa shape index (κ1) is 1050. The van der Waals surface area contributed by atoms with Crippen molar-refractivity contribution < 1.29 is 20.1 Å². The molecular formula is H19ClIrN6. The van der Waals surface area contributed by atoms with E-state index in [9.17, 15) is 0 Å². The van der Waals surface area contributed by atoms with Gasteiger partial charge >= 0.3 is 0 Å². The van der Waals surface area contributed by atoms with E-state index in [4.69, 9.17) is 0 Å².